The second kappa shape index (κ2) is 9.57. The molecular formula is C17H18BrNOS4. The first-order valence-corrected chi connectivity index (χ1v) is 12.5. The highest BCUT2D eigenvalue weighted by atomic mass is 79.9. The fourth-order valence-corrected chi connectivity index (χ4v) is 7.60. The molecule has 1 N–H and O–H groups in total. The molecule has 24 heavy (non-hydrogen) atoms. The third-order valence-electron chi connectivity index (χ3n) is 3.47. The van der Waals surface area contributed by atoms with Gasteiger partial charge >= 0.3 is 0 Å². The molecule has 1 saturated heterocycles. The Bertz CT molecular complexity index is 667. The van der Waals surface area contributed by atoms with Gasteiger partial charge in [0.2, 0.25) is 0 Å². The smallest absolute Gasteiger partial charge is 0.251 e. The highest BCUT2D eigenvalue weighted by molar-refractivity contribution is 9.11. The van der Waals surface area contributed by atoms with E-state index in [0.29, 0.717) is 11.1 Å². The number of carbonyl (C=O) groups is 1. The van der Waals surface area contributed by atoms with E-state index in [4.69, 9.17) is 0 Å². The molecule has 3 rings (SSSR count). The average Bonchev–Trinajstić information content (AvgIpc) is 3.26. The number of thiophene rings is 1. The Balaban J connectivity index is 1.38. The number of hydrogen-bond acceptors (Lipinski definition) is 5. The highest BCUT2D eigenvalue weighted by Gasteiger charge is 2.18. The first kappa shape index (κ1) is 18.7. The lowest BCUT2D eigenvalue weighted by Gasteiger charge is -2.09. The molecule has 2 aromatic rings. The zero-order valence-electron chi connectivity index (χ0n) is 13.0. The lowest BCUT2D eigenvalue weighted by molar-refractivity contribution is 0.0956. The monoisotopic (exact) mass is 459 g/mol. The number of benzene rings is 1. The number of rotatable bonds is 7. The fraction of sp³-hybridized carbons (Fsp3) is 0.353. The molecular weight excluding hydrogens is 442 g/mol. The molecule has 0 spiro atoms. The first-order valence-electron chi connectivity index (χ1n) is 7.66. The Labute approximate surface area is 168 Å². The molecule has 1 aliphatic rings. The Morgan fingerprint density at radius 1 is 1.17 bits per heavy atom. The van der Waals surface area contributed by atoms with Crippen LogP contribution in [0.1, 0.15) is 25.4 Å². The van der Waals surface area contributed by atoms with Crippen molar-refractivity contribution in [2.45, 2.75) is 10.3 Å². The molecule has 128 valence electrons. The van der Waals surface area contributed by atoms with Gasteiger partial charge in [-0.05, 0) is 45.8 Å². The van der Waals surface area contributed by atoms with E-state index in [0.717, 1.165) is 17.1 Å². The maximum atomic E-state index is 12.2. The summed E-state index contributed by atoms with van der Waals surface area (Å²) in [6, 6.07) is 12.3. The number of hydrogen-bond donors (Lipinski definition) is 1. The first-order chi connectivity index (χ1) is 11.7. The standard InChI is InChI=1S/C17H18BrNOS4/c18-15-6-5-14(24-15)11-21-8-7-19-16(20)12-1-3-13(4-2-12)17-22-9-10-23-17/h1-6,17H,7-11H2,(H,19,20). The van der Waals surface area contributed by atoms with Crippen molar-refractivity contribution < 1.29 is 4.79 Å². The molecule has 0 unspecified atom stereocenters. The predicted octanol–water partition coefficient (Wildman–Crippen LogP) is 5.65. The van der Waals surface area contributed by atoms with Gasteiger partial charge in [0.15, 0.2) is 0 Å². The van der Waals surface area contributed by atoms with Crippen molar-refractivity contribution >= 4 is 68.5 Å². The molecule has 2 nitrogen and oxygen atoms in total. The Morgan fingerprint density at radius 2 is 1.92 bits per heavy atom. The maximum absolute atomic E-state index is 12.2. The van der Waals surface area contributed by atoms with Crippen LogP contribution in [0.4, 0.5) is 0 Å². The van der Waals surface area contributed by atoms with Crippen LogP contribution in [-0.4, -0.2) is 29.7 Å². The SMILES string of the molecule is O=C(NCCSCc1ccc(Br)s1)c1ccc(C2SCCS2)cc1. The highest BCUT2D eigenvalue weighted by Crippen LogP contribution is 2.45. The number of halogens is 1. The summed E-state index contributed by atoms with van der Waals surface area (Å²) in [5.41, 5.74) is 2.07. The second-order valence-electron chi connectivity index (χ2n) is 5.21. The molecule has 0 radical (unpaired) electrons. The maximum Gasteiger partial charge on any atom is 0.251 e. The molecule has 0 bridgehead atoms. The Morgan fingerprint density at radius 3 is 2.58 bits per heavy atom. The third-order valence-corrected chi connectivity index (χ3v) is 9.39. The van der Waals surface area contributed by atoms with Crippen LogP contribution in [0, 0.1) is 0 Å². The largest absolute Gasteiger partial charge is 0.351 e. The minimum Gasteiger partial charge on any atom is -0.351 e. The van der Waals surface area contributed by atoms with Gasteiger partial charge in [0.1, 0.15) is 0 Å². The van der Waals surface area contributed by atoms with Gasteiger partial charge in [0, 0.05) is 40.0 Å². The van der Waals surface area contributed by atoms with E-state index in [1.807, 2.05) is 47.4 Å². The van der Waals surface area contributed by atoms with Gasteiger partial charge in [-0.3, -0.25) is 4.79 Å². The van der Waals surface area contributed by atoms with Crippen LogP contribution in [0.3, 0.4) is 0 Å². The summed E-state index contributed by atoms with van der Waals surface area (Å²) < 4.78 is 1.71. The van der Waals surface area contributed by atoms with Gasteiger partial charge in [-0.1, -0.05) is 12.1 Å². The molecule has 1 amide bonds. The number of nitrogens with one attached hydrogen (secondary N) is 1. The summed E-state index contributed by atoms with van der Waals surface area (Å²) in [6.07, 6.45) is 0. The van der Waals surface area contributed by atoms with Gasteiger partial charge in [-0.25, -0.2) is 0 Å². The van der Waals surface area contributed by atoms with Crippen LogP contribution in [0.5, 0.6) is 0 Å². The third kappa shape index (κ3) is 5.46. The molecule has 0 aliphatic carbocycles. The molecule has 1 fully saturated rings. The Kier molecular flexibility index (Phi) is 7.46. The summed E-state index contributed by atoms with van der Waals surface area (Å²) in [5, 5.41) is 3.00. The number of thioether (sulfide) groups is 3. The zero-order chi connectivity index (χ0) is 16.8. The molecule has 7 heteroatoms. The molecule has 0 saturated carbocycles. The van der Waals surface area contributed by atoms with E-state index in [2.05, 4.69) is 45.5 Å². The number of carbonyl (C=O) groups excluding carboxylic acids is 1. The van der Waals surface area contributed by atoms with Crippen molar-refractivity contribution in [1.29, 1.82) is 0 Å². The van der Waals surface area contributed by atoms with Crippen LogP contribution < -0.4 is 5.32 Å². The summed E-state index contributed by atoms with van der Waals surface area (Å²) in [4.78, 5) is 13.5. The Hall–Kier alpha value is -0.0800. The van der Waals surface area contributed by atoms with Crippen molar-refractivity contribution in [3.8, 4) is 0 Å². The van der Waals surface area contributed by atoms with Crippen molar-refractivity contribution in [2.75, 3.05) is 23.8 Å². The van der Waals surface area contributed by atoms with E-state index in [-0.39, 0.29) is 5.91 Å². The lowest BCUT2D eigenvalue weighted by Crippen LogP contribution is -2.25. The van der Waals surface area contributed by atoms with Crippen molar-refractivity contribution in [3.63, 3.8) is 0 Å². The topological polar surface area (TPSA) is 29.1 Å². The zero-order valence-corrected chi connectivity index (χ0v) is 17.8. The quantitative estimate of drug-likeness (QED) is 0.541. The van der Waals surface area contributed by atoms with Gasteiger partial charge < -0.3 is 5.32 Å². The molecule has 2 heterocycles. The summed E-state index contributed by atoms with van der Waals surface area (Å²) in [6.45, 7) is 0.701. The van der Waals surface area contributed by atoms with Crippen molar-refractivity contribution in [1.82, 2.24) is 5.32 Å². The van der Waals surface area contributed by atoms with Crippen LogP contribution in [0.2, 0.25) is 0 Å². The normalized spacial score (nSPS) is 14.9. The van der Waals surface area contributed by atoms with E-state index in [1.165, 1.54) is 25.7 Å². The molecule has 0 atom stereocenters. The van der Waals surface area contributed by atoms with Crippen molar-refractivity contribution in [3.05, 3.63) is 56.2 Å². The second-order valence-corrected chi connectivity index (χ2v) is 11.6. The van der Waals surface area contributed by atoms with Crippen molar-refractivity contribution in [2.24, 2.45) is 0 Å². The summed E-state index contributed by atoms with van der Waals surface area (Å²) >= 11 is 11.1. The molecule has 1 aromatic heterocycles. The van der Waals surface area contributed by atoms with Gasteiger partial charge in [0.05, 0.1) is 8.37 Å². The predicted molar refractivity (Wildman–Crippen MR) is 115 cm³/mol. The number of amides is 1. The summed E-state index contributed by atoms with van der Waals surface area (Å²) in [5.74, 6) is 4.38. The van der Waals surface area contributed by atoms with E-state index in [1.54, 1.807) is 11.3 Å². The molecule has 1 aromatic carbocycles. The fourth-order valence-electron chi connectivity index (χ4n) is 2.28. The van der Waals surface area contributed by atoms with Gasteiger partial charge in [-0.2, -0.15) is 11.8 Å². The minimum atomic E-state index is 0.0211. The van der Waals surface area contributed by atoms with E-state index < -0.39 is 0 Å². The van der Waals surface area contributed by atoms with Crippen LogP contribution in [0.15, 0.2) is 40.2 Å². The van der Waals surface area contributed by atoms with Crippen LogP contribution >= 0.6 is 62.6 Å². The van der Waals surface area contributed by atoms with E-state index >= 15 is 0 Å². The van der Waals surface area contributed by atoms with Gasteiger partial charge in [0.25, 0.3) is 5.91 Å². The minimum absolute atomic E-state index is 0.0211. The summed E-state index contributed by atoms with van der Waals surface area (Å²) in [7, 11) is 0. The lowest BCUT2D eigenvalue weighted by atomic mass is 10.1. The average molecular weight is 461 g/mol. The van der Waals surface area contributed by atoms with E-state index in [9.17, 15) is 4.79 Å². The van der Waals surface area contributed by atoms with Crippen LogP contribution in [-0.2, 0) is 5.75 Å². The van der Waals surface area contributed by atoms with Gasteiger partial charge in [-0.15, -0.1) is 34.9 Å². The molecule has 1 aliphatic heterocycles. The van der Waals surface area contributed by atoms with Crippen LogP contribution in [0.25, 0.3) is 0 Å².